The number of anilines is 2. The van der Waals surface area contributed by atoms with Crippen molar-refractivity contribution in [2.75, 3.05) is 24.7 Å². The second-order valence-corrected chi connectivity index (χ2v) is 7.10. The van der Waals surface area contributed by atoms with Crippen molar-refractivity contribution in [1.82, 2.24) is 0 Å². The summed E-state index contributed by atoms with van der Waals surface area (Å²) in [5, 5.41) is 0. The molecular formula is C18H28N2O2. The second-order valence-electron chi connectivity index (χ2n) is 7.10. The Morgan fingerprint density at radius 1 is 0.909 bits per heavy atom. The van der Waals surface area contributed by atoms with Gasteiger partial charge in [0.25, 0.3) is 0 Å². The maximum atomic E-state index is 5.99. The molecule has 0 atom stereocenters. The molecule has 1 saturated heterocycles. The highest BCUT2D eigenvalue weighted by molar-refractivity contribution is 5.62. The number of nitrogen functional groups attached to an aromatic ring is 2. The van der Waals surface area contributed by atoms with Gasteiger partial charge in [0, 0.05) is 22.9 Å². The highest BCUT2D eigenvalue weighted by Crippen LogP contribution is 2.37. The lowest BCUT2D eigenvalue weighted by Crippen LogP contribution is -2.34. The normalized spacial score (nSPS) is 32.8. The van der Waals surface area contributed by atoms with Crippen LogP contribution >= 0.6 is 0 Å². The Kier molecular flexibility index (Phi) is 4.59. The molecule has 0 spiro atoms. The molecule has 1 saturated carbocycles. The molecule has 1 aromatic rings. The van der Waals surface area contributed by atoms with E-state index in [1.54, 1.807) is 0 Å². The van der Waals surface area contributed by atoms with Crippen molar-refractivity contribution >= 4 is 11.4 Å². The second kappa shape index (κ2) is 6.47. The first-order chi connectivity index (χ1) is 10.5. The van der Waals surface area contributed by atoms with Crippen LogP contribution in [0.15, 0.2) is 12.1 Å². The third-order valence-electron chi connectivity index (χ3n) is 5.43. The van der Waals surface area contributed by atoms with Crippen molar-refractivity contribution in [2.24, 2.45) is 17.8 Å². The van der Waals surface area contributed by atoms with Gasteiger partial charge in [-0.3, -0.25) is 0 Å². The van der Waals surface area contributed by atoms with Gasteiger partial charge in [-0.15, -0.1) is 0 Å². The fourth-order valence-electron chi connectivity index (χ4n) is 3.66. The maximum Gasteiger partial charge on any atom is 0.183 e. The summed E-state index contributed by atoms with van der Waals surface area (Å²) >= 11 is 0. The first-order valence-electron chi connectivity index (χ1n) is 8.43. The predicted octanol–water partition coefficient (Wildman–Crippen LogP) is 3.65. The molecule has 0 radical (unpaired) electrons. The Morgan fingerprint density at radius 2 is 1.45 bits per heavy atom. The molecule has 0 unspecified atom stereocenters. The molecule has 1 aliphatic carbocycles. The summed E-state index contributed by atoms with van der Waals surface area (Å²) < 4.78 is 11.9. The minimum atomic E-state index is -0.330. The van der Waals surface area contributed by atoms with Crippen LogP contribution in [0.2, 0.25) is 0 Å². The monoisotopic (exact) mass is 304 g/mol. The molecule has 0 amide bonds. The summed E-state index contributed by atoms with van der Waals surface area (Å²) in [4.78, 5) is 0. The zero-order chi connectivity index (χ0) is 15.7. The van der Waals surface area contributed by atoms with Gasteiger partial charge in [-0.1, -0.05) is 19.8 Å². The smallest absolute Gasteiger partial charge is 0.183 e. The van der Waals surface area contributed by atoms with Crippen LogP contribution in [-0.4, -0.2) is 13.2 Å². The average molecular weight is 304 g/mol. The lowest BCUT2D eigenvalue weighted by molar-refractivity contribution is -0.214. The van der Waals surface area contributed by atoms with E-state index in [0.29, 0.717) is 17.3 Å². The first kappa shape index (κ1) is 15.6. The van der Waals surface area contributed by atoms with Gasteiger partial charge in [-0.25, -0.2) is 0 Å². The largest absolute Gasteiger partial charge is 0.398 e. The van der Waals surface area contributed by atoms with Gasteiger partial charge in [0.2, 0.25) is 0 Å². The van der Waals surface area contributed by atoms with E-state index in [-0.39, 0.29) is 6.29 Å². The number of benzene rings is 1. The Labute approximate surface area is 133 Å². The summed E-state index contributed by atoms with van der Waals surface area (Å²) in [5.74, 6) is 2.17. The summed E-state index contributed by atoms with van der Waals surface area (Å²) in [6.07, 6.45) is 4.98. The standard InChI is InChI=1S/C18H28N2O2/c1-11-3-5-13(6-4-11)15-9-21-18(22-10-15)14-7-16(19)12(2)17(20)8-14/h7-8,11,13,15,18H,3-6,9-10,19-20H2,1-2H3. The molecule has 2 fully saturated rings. The molecule has 4 heteroatoms. The number of hydrogen-bond donors (Lipinski definition) is 2. The molecule has 2 aliphatic rings. The zero-order valence-electron chi connectivity index (χ0n) is 13.7. The first-order valence-corrected chi connectivity index (χ1v) is 8.43. The van der Waals surface area contributed by atoms with Crippen LogP contribution in [0.4, 0.5) is 11.4 Å². The molecule has 3 rings (SSSR count). The van der Waals surface area contributed by atoms with Crippen LogP contribution in [0.3, 0.4) is 0 Å². The number of rotatable bonds is 2. The Morgan fingerprint density at radius 3 is 2.00 bits per heavy atom. The molecule has 1 heterocycles. The van der Waals surface area contributed by atoms with E-state index in [0.717, 1.165) is 36.2 Å². The van der Waals surface area contributed by atoms with Gasteiger partial charge in [0.1, 0.15) is 0 Å². The average Bonchev–Trinajstić information content (AvgIpc) is 2.53. The summed E-state index contributed by atoms with van der Waals surface area (Å²) in [5.41, 5.74) is 15.2. The molecule has 4 nitrogen and oxygen atoms in total. The van der Waals surface area contributed by atoms with Gasteiger partial charge in [0.15, 0.2) is 6.29 Å². The van der Waals surface area contributed by atoms with Crippen molar-refractivity contribution < 1.29 is 9.47 Å². The number of hydrogen-bond acceptors (Lipinski definition) is 4. The number of nitrogens with two attached hydrogens (primary N) is 2. The fourth-order valence-corrected chi connectivity index (χ4v) is 3.66. The SMILES string of the molecule is Cc1c(N)cc(C2OCC(C3CCC(C)CC3)CO2)cc1N. The summed E-state index contributed by atoms with van der Waals surface area (Å²) in [7, 11) is 0. The Balaban J connectivity index is 1.60. The lowest BCUT2D eigenvalue weighted by Gasteiger charge is -2.37. The third-order valence-corrected chi connectivity index (χ3v) is 5.43. The molecular weight excluding hydrogens is 276 g/mol. The zero-order valence-corrected chi connectivity index (χ0v) is 13.7. The van der Waals surface area contributed by atoms with E-state index >= 15 is 0 Å². The lowest BCUT2D eigenvalue weighted by atomic mass is 9.76. The van der Waals surface area contributed by atoms with Crippen molar-refractivity contribution in [3.63, 3.8) is 0 Å². The predicted molar refractivity (Wildman–Crippen MR) is 89.3 cm³/mol. The highest BCUT2D eigenvalue weighted by Gasteiger charge is 2.31. The van der Waals surface area contributed by atoms with Crippen LogP contribution in [0.25, 0.3) is 0 Å². The van der Waals surface area contributed by atoms with E-state index in [1.807, 2.05) is 19.1 Å². The van der Waals surface area contributed by atoms with Gasteiger partial charge < -0.3 is 20.9 Å². The summed E-state index contributed by atoms with van der Waals surface area (Å²) in [6.45, 7) is 5.83. The van der Waals surface area contributed by atoms with E-state index in [4.69, 9.17) is 20.9 Å². The van der Waals surface area contributed by atoms with Crippen LogP contribution in [0.1, 0.15) is 50.0 Å². The van der Waals surface area contributed by atoms with Gasteiger partial charge in [-0.2, -0.15) is 0 Å². The van der Waals surface area contributed by atoms with Crippen molar-refractivity contribution in [3.05, 3.63) is 23.3 Å². The molecule has 22 heavy (non-hydrogen) atoms. The molecule has 0 aromatic heterocycles. The highest BCUT2D eigenvalue weighted by atomic mass is 16.7. The van der Waals surface area contributed by atoms with Crippen molar-refractivity contribution in [1.29, 1.82) is 0 Å². The maximum absolute atomic E-state index is 5.99. The molecule has 122 valence electrons. The minimum Gasteiger partial charge on any atom is -0.398 e. The van der Waals surface area contributed by atoms with E-state index in [9.17, 15) is 0 Å². The Bertz CT molecular complexity index is 493. The van der Waals surface area contributed by atoms with Gasteiger partial charge in [-0.05, 0) is 49.3 Å². The van der Waals surface area contributed by atoms with Crippen LogP contribution in [-0.2, 0) is 9.47 Å². The topological polar surface area (TPSA) is 70.5 Å². The molecule has 1 aliphatic heterocycles. The van der Waals surface area contributed by atoms with E-state index in [1.165, 1.54) is 25.7 Å². The van der Waals surface area contributed by atoms with Crippen LogP contribution < -0.4 is 11.5 Å². The molecule has 0 bridgehead atoms. The molecule has 4 N–H and O–H groups in total. The third kappa shape index (κ3) is 3.23. The van der Waals surface area contributed by atoms with Crippen molar-refractivity contribution in [3.8, 4) is 0 Å². The molecule has 1 aromatic carbocycles. The van der Waals surface area contributed by atoms with Gasteiger partial charge >= 0.3 is 0 Å². The van der Waals surface area contributed by atoms with Crippen molar-refractivity contribution in [2.45, 2.75) is 45.8 Å². The van der Waals surface area contributed by atoms with Gasteiger partial charge in [0.05, 0.1) is 13.2 Å². The van der Waals surface area contributed by atoms with E-state index < -0.39 is 0 Å². The number of ether oxygens (including phenoxy) is 2. The van der Waals surface area contributed by atoms with Crippen LogP contribution in [0, 0.1) is 24.7 Å². The summed E-state index contributed by atoms with van der Waals surface area (Å²) in [6, 6.07) is 3.83. The quantitative estimate of drug-likeness (QED) is 0.818. The Hall–Kier alpha value is -1.26. The van der Waals surface area contributed by atoms with Crippen LogP contribution in [0.5, 0.6) is 0 Å². The fraction of sp³-hybridized carbons (Fsp3) is 0.667. The minimum absolute atomic E-state index is 0.330. The van der Waals surface area contributed by atoms with E-state index in [2.05, 4.69) is 6.92 Å².